The number of hydrogen-bond acceptors (Lipinski definition) is 4. The minimum absolute atomic E-state index is 0.0507. The summed E-state index contributed by atoms with van der Waals surface area (Å²) in [6, 6.07) is 19.8. The van der Waals surface area contributed by atoms with E-state index in [9.17, 15) is 14.7 Å². The largest absolute Gasteiger partial charge is 0.535 e. The molecule has 1 amide bonds. The van der Waals surface area contributed by atoms with Gasteiger partial charge < -0.3 is 5.11 Å². The summed E-state index contributed by atoms with van der Waals surface area (Å²) < 4.78 is -0.441. The second kappa shape index (κ2) is 10.4. The summed E-state index contributed by atoms with van der Waals surface area (Å²) in [5, 5.41) is 12.8. The van der Waals surface area contributed by atoms with Gasteiger partial charge in [-0.3, -0.25) is 9.69 Å². The van der Waals surface area contributed by atoms with Crippen molar-refractivity contribution in [1.82, 2.24) is 9.91 Å². The second-order valence-electron chi connectivity index (χ2n) is 9.15. The SMILES string of the molecule is CCC(=O)C(C)(C)[N+](CN1CCCC1)(C(=O)O)N(Cc1ccccc1)Cc1ccccc1. The molecule has 0 aliphatic carbocycles. The second-order valence-corrected chi connectivity index (χ2v) is 9.15. The molecule has 1 unspecified atom stereocenters. The zero-order valence-corrected chi connectivity index (χ0v) is 19.5. The summed E-state index contributed by atoms with van der Waals surface area (Å²) in [4.78, 5) is 28.7. The van der Waals surface area contributed by atoms with Crippen molar-refractivity contribution in [2.45, 2.75) is 58.7 Å². The van der Waals surface area contributed by atoms with Gasteiger partial charge in [-0.15, -0.1) is 9.60 Å². The molecule has 172 valence electrons. The average molecular weight is 439 g/mol. The van der Waals surface area contributed by atoms with Gasteiger partial charge in [0.2, 0.25) is 0 Å². The molecule has 6 nitrogen and oxygen atoms in total. The highest BCUT2D eigenvalue weighted by Crippen LogP contribution is 2.35. The molecule has 0 radical (unpaired) electrons. The van der Waals surface area contributed by atoms with Crippen molar-refractivity contribution in [3.05, 3.63) is 71.8 Å². The number of hydrogen-bond donors (Lipinski definition) is 1. The molecule has 2 aromatic rings. The number of likely N-dealkylation sites (tertiary alicyclic amines) is 1. The number of benzene rings is 2. The smallest absolute Gasteiger partial charge is 0.434 e. The van der Waals surface area contributed by atoms with Crippen LogP contribution in [0.1, 0.15) is 51.2 Å². The fraction of sp³-hybridized carbons (Fsp3) is 0.462. The lowest BCUT2D eigenvalue weighted by molar-refractivity contribution is -1.01. The van der Waals surface area contributed by atoms with Gasteiger partial charge in [0, 0.05) is 33.4 Å². The first-order valence-electron chi connectivity index (χ1n) is 11.5. The van der Waals surface area contributed by atoms with Gasteiger partial charge in [-0.25, -0.2) is 0 Å². The molecule has 0 bridgehead atoms. The molecule has 6 heteroatoms. The highest BCUT2D eigenvalue weighted by Gasteiger charge is 2.60. The summed E-state index contributed by atoms with van der Waals surface area (Å²) in [7, 11) is 0. The molecule has 3 rings (SSSR count). The van der Waals surface area contributed by atoms with E-state index in [-0.39, 0.29) is 12.5 Å². The number of carboxylic acid groups (broad SMARTS) is 1. The van der Waals surface area contributed by atoms with Crippen molar-refractivity contribution in [2.24, 2.45) is 0 Å². The number of Topliss-reactive ketones (excluding diaryl/α,β-unsaturated/α-hetero) is 1. The Morgan fingerprint density at radius 2 is 1.41 bits per heavy atom. The van der Waals surface area contributed by atoms with E-state index >= 15 is 0 Å². The van der Waals surface area contributed by atoms with E-state index in [1.54, 1.807) is 13.8 Å². The Bertz CT molecular complexity index is 854. The number of rotatable bonds is 10. The van der Waals surface area contributed by atoms with Crippen molar-refractivity contribution >= 4 is 11.9 Å². The van der Waals surface area contributed by atoms with Gasteiger partial charge in [0.05, 0.1) is 13.1 Å². The van der Waals surface area contributed by atoms with E-state index in [0.29, 0.717) is 19.5 Å². The van der Waals surface area contributed by atoms with Crippen LogP contribution in [0.3, 0.4) is 0 Å². The maximum absolute atomic E-state index is 13.2. The molecular formula is C26H36N3O3+. The quantitative estimate of drug-likeness (QED) is 0.422. The zero-order valence-electron chi connectivity index (χ0n) is 19.5. The molecule has 1 aliphatic heterocycles. The summed E-state index contributed by atoms with van der Waals surface area (Å²) in [5.74, 6) is -0.0507. The van der Waals surface area contributed by atoms with Crippen LogP contribution in [0.5, 0.6) is 0 Å². The molecule has 1 N–H and O–H groups in total. The van der Waals surface area contributed by atoms with Crippen LogP contribution in [0.15, 0.2) is 60.7 Å². The fourth-order valence-electron chi connectivity index (χ4n) is 4.78. The third-order valence-corrected chi connectivity index (χ3v) is 6.75. The first-order chi connectivity index (χ1) is 15.3. The van der Waals surface area contributed by atoms with Crippen LogP contribution in [0.25, 0.3) is 0 Å². The van der Waals surface area contributed by atoms with Crippen LogP contribution < -0.4 is 0 Å². The van der Waals surface area contributed by atoms with Crippen LogP contribution in [-0.4, -0.2) is 56.8 Å². The summed E-state index contributed by atoms with van der Waals surface area (Å²) in [5.41, 5.74) is 0.911. The highest BCUT2D eigenvalue weighted by atomic mass is 16.4. The normalized spacial score (nSPS) is 16.8. The number of quaternary nitrogens is 1. The van der Waals surface area contributed by atoms with Crippen molar-refractivity contribution < 1.29 is 19.3 Å². The number of carbonyl (C=O) groups excluding carboxylic acids is 1. The van der Waals surface area contributed by atoms with Gasteiger partial charge >= 0.3 is 6.09 Å². The molecule has 1 heterocycles. The van der Waals surface area contributed by atoms with Crippen molar-refractivity contribution in [2.75, 3.05) is 19.8 Å². The third kappa shape index (κ3) is 4.93. The Morgan fingerprint density at radius 3 is 1.81 bits per heavy atom. The van der Waals surface area contributed by atoms with Gasteiger partial charge in [0.15, 0.2) is 18.0 Å². The number of nitrogens with zero attached hydrogens (tertiary/aromatic N) is 3. The van der Waals surface area contributed by atoms with Gasteiger partial charge in [-0.1, -0.05) is 67.6 Å². The lowest BCUT2D eigenvalue weighted by atomic mass is 9.93. The Kier molecular flexibility index (Phi) is 7.82. The Balaban J connectivity index is 2.15. The molecule has 0 spiro atoms. The van der Waals surface area contributed by atoms with E-state index in [2.05, 4.69) is 4.90 Å². The maximum atomic E-state index is 13.2. The number of amides is 1. The number of carbonyl (C=O) groups is 2. The minimum Gasteiger partial charge on any atom is -0.434 e. The first kappa shape index (κ1) is 24.1. The lowest BCUT2D eigenvalue weighted by Crippen LogP contribution is -2.76. The van der Waals surface area contributed by atoms with Crippen LogP contribution in [0, 0.1) is 0 Å². The van der Waals surface area contributed by atoms with Crippen molar-refractivity contribution in [1.29, 1.82) is 0 Å². The van der Waals surface area contributed by atoms with E-state index in [1.807, 2.05) is 72.6 Å². The molecule has 1 atom stereocenters. The summed E-state index contributed by atoms with van der Waals surface area (Å²) in [6.07, 6.45) is 1.42. The van der Waals surface area contributed by atoms with Gasteiger partial charge in [0.25, 0.3) is 0 Å². The Labute approximate surface area is 191 Å². The molecule has 1 fully saturated rings. The van der Waals surface area contributed by atoms with Crippen molar-refractivity contribution in [3.8, 4) is 0 Å². The Hall–Kier alpha value is -2.54. The van der Waals surface area contributed by atoms with Crippen LogP contribution in [-0.2, 0) is 17.9 Å². The standard InChI is InChI=1S/C26H35N3O3/c1-4-24(30)26(2,3)29(25(31)32,21-27-17-11-12-18-27)28(19-22-13-7-5-8-14-22)20-23-15-9-6-10-16-23/h5-10,13-16H,4,11-12,17-21H2,1-3H3/p+1. The molecular weight excluding hydrogens is 402 g/mol. The topological polar surface area (TPSA) is 60.9 Å². The maximum Gasteiger partial charge on any atom is 0.535 e. The predicted molar refractivity (Wildman–Crippen MR) is 125 cm³/mol. The van der Waals surface area contributed by atoms with E-state index in [4.69, 9.17) is 0 Å². The monoisotopic (exact) mass is 438 g/mol. The lowest BCUT2D eigenvalue weighted by Gasteiger charge is -2.50. The summed E-state index contributed by atoms with van der Waals surface area (Å²) >= 11 is 0. The molecule has 1 aliphatic rings. The van der Waals surface area contributed by atoms with Crippen LogP contribution >= 0.6 is 0 Å². The van der Waals surface area contributed by atoms with Gasteiger partial charge in [-0.2, -0.15) is 4.79 Å². The van der Waals surface area contributed by atoms with Gasteiger partial charge in [-0.05, 0) is 24.0 Å². The fourth-order valence-corrected chi connectivity index (χ4v) is 4.78. The molecule has 0 saturated carbocycles. The minimum atomic E-state index is -1.13. The molecule has 2 aromatic carbocycles. The van der Waals surface area contributed by atoms with E-state index < -0.39 is 16.2 Å². The third-order valence-electron chi connectivity index (χ3n) is 6.75. The number of ketones is 1. The summed E-state index contributed by atoms with van der Waals surface area (Å²) in [6.45, 7) is 8.25. The highest BCUT2D eigenvalue weighted by molar-refractivity contribution is 5.87. The van der Waals surface area contributed by atoms with E-state index in [0.717, 1.165) is 37.1 Å². The van der Waals surface area contributed by atoms with E-state index in [1.165, 1.54) is 0 Å². The molecule has 32 heavy (non-hydrogen) atoms. The first-order valence-corrected chi connectivity index (χ1v) is 11.5. The zero-order chi connectivity index (χ0) is 23.2. The molecule has 0 aromatic heterocycles. The predicted octanol–water partition coefficient (Wildman–Crippen LogP) is 4.91. The van der Waals surface area contributed by atoms with Gasteiger partial charge in [0.1, 0.15) is 0 Å². The van der Waals surface area contributed by atoms with Crippen LogP contribution in [0.4, 0.5) is 4.79 Å². The average Bonchev–Trinajstić information content (AvgIpc) is 3.30. The molecule has 1 saturated heterocycles. The Morgan fingerprint density at radius 1 is 0.938 bits per heavy atom. The van der Waals surface area contributed by atoms with Crippen molar-refractivity contribution in [3.63, 3.8) is 0 Å². The van der Waals surface area contributed by atoms with Crippen LogP contribution in [0.2, 0.25) is 0 Å².